The molecule has 0 aliphatic heterocycles. The van der Waals surface area contributed by atoms with Crippen LogP contribution in [0.4, 0.5) is 18.9 Å². The molecule has 4 N–H and O–H groups in total. The fourth-order valence-corrected chi connectivity index (χ4v) is 2.12. The fraction of sp³-hybridized carbons (Fsp3) is 0.222. The Morgan fingerprint density at radius 3 is 2.39 bits per heavy atom. The van der Waals surface area contributed by atoms with E-state index in [1.165, 1.54) is 18.2 Å². The van der Waals surface area contributed by atoms with E-state index < -0.39 is 12.1 Å². The third-order valence-electron chi connectivity index (χ3n) is 3.33. The number of aliphatic imine (C=N–C) groups is 1. The van der Waals surface area contributed by atoms with Gasteiger partial charge in [-0.05, 0) is 17.7 Å². The molecule has 0 heterocycles. The van der Waals surface area contributed by atoms with Gasteiger partial charge in [-0.1, -0.05) is 42.5 Å². The summed E-state index contributed by atoms with van der Waals surface area (Å²) in [5, 5.41) is 5.28. The number of amides is 1. The molecular weight excluding hydrogens is 488 g/mol. The second kappa shape index (κ2) is 11.4. The van der Waals surface area contributed by atoms with Crippen molar-refractivity contribution in [1.29, 1.82) is 0 Å². The molecule has 2 rings (SSSR count). The van der Waals surface area contributed by atoms with Gasteiger partial charge in [-0.2, -0.15) is 0 Å². The van der Waals surface area contributed by atoms with Crippen molar-refractivity contribution in [3.63, 3.8) is 0 Å². The van der Waals surface area contributed by atoms with Crippen molar-refractivity contribution < 1.29 is 22.7 Å². The number of anilines is 1. The maximum Gasteiger partial charge on any atom is 0.573 e. The molecule has 152 valence electrons. The molecule has 6 nitrogen and oxygen atoms in total. The van der Waals surface area contributed by atoms with Crippen molar-refractivity contribution in [2.24, 2.45) is 10.7 Å². The second-order valence-corrected chi connectivity index (χ2v) is 5.45. The number of carbonyl (C=O) groups excluding carboxylic acids is 1. The van der Waals surface area contributed by atoms with Crippen LogP contribution in [0.15, 0.2) is 59.6 Å². The summed E-state index contributed by atoms with van der Waals surface area (Å²) in [7, 11) is 0. The van der Waals surface area contributed by atoms with Crippen LogP contribution in [0.5, 0.6) is 5.75 Å². The van der Waals surface area contributed by atoms with E-state index in [0.717, 1.165) is 11.6 Å². The summed E-state index contributed by atoms with van der Waals surface area (Å²) in [4.78, 5) is 15.7. The Morgan fingerprint density at radius 2 is 1.71 bits per heavy atom. The summed E-state index contributed by atoms with van der Waals surface area (Å²) in [5.74, 6) is -0.760. The Hall–Kier alpha value is -2.50. The maximum atomic E-state index is 12.4. The minimum absolute atomic E-state index is 0. The number of hydrogen-bond acceptors (Lipinski definition) is 3. The van der Waals surface area contributed by atoms with Crippen LogP contribution < -0.4 is 21.1 Å². The summed E-state index contributed by atoms with van der Waals surface area (Å²) in [6, 6.07) is 14.9. The van der Waals surface area contributed by atoms with Crippen molar-refractivity contribution >= 4 is 41.5 Å². The molecule has 0 bridgehead atoms. The molecule has 0 aliphatic carbocycles. The predicted molar refractivity (Wildman–Crippen MR) is 112 cm³/mol. The number of carbonyl (C=O) groups is 1. The van der Waals surface area contributed by atoms with Crippen molar-refractivity contribution in [2.45, 2.75) is 19.3 Å². The molecule has 2 aromatic rings. The van der Waals surface area contributed by atoms with Crippen LogP contribution in [0.2, 0.25) is 0 Å². The zero-order valence-corrected chi connectivity index (χ0v) is 17.0. The van der Waals surface area contributed by atoms with Crippen molar-refractivity contribution in [3.8, 4) is 5.75 Å². The molecule has 2 aromatic carbocycles. The van der Waals surface area contributed by atoms with Gasteiger partial charge in [0.1, 0.15) is 0 Å². The first-order valence-corrected chi connectivity index (χ1v) is 8.06. The van der Waals surface area contributed by atoms with Crippen LogP contribution in [0.25, 0.3) is 0 Å². The van der Waals surface area contributed by atoms with E-state index in [1.807, 2.05) is 30.3 Å². The largest absolute Gasteiger partial charge is 0.573 e. The van der Waals surface area contributed by atoms with E-state index in [-0.39, 0.29) is 54.5 Å². The van der Waals surface area contributed by atoms with E-state index in [0.29, 0.717) is 6.54 Å². The van der Waals surface area contributed by atoms with Gasteiger partial charge in [-0.25, -0.2) is 0 Å². The van der Waals surface area contributed by atoms with Gasteiger partial charge in [0.05, 0.1) is 12.2 Å². The number of benzene rings is 2. The van der Waals surface area contributed by atoms with Gasteiger partial charge < -0.3 is 21.1 Å². The summed E-state index contributed by atoms with van der Waals surface area (Å²) in [6.07, 6.45) is -4.73. The van der Waals surface area contributed by atoms with Crippen LogP contribution in [0, 0.1) is 0 Å². The molecule has 0 unspecified atom stereocenters. The lowest BCUT2D eigenvalue weighted by molar-refractivity contribution is -0.274. The lowest BCUT2D eigenvalue weighted by Gasteiger charge is -2.14. The first-order chi connectivity index (χ1) is 12.8. The van der Waals surface area contributed by atoms with Gasteiger partial charge in [-0.3, -0.25) is 9.79 Å². The molecule has 0 saturated heterocycles. The smallest absolute Gasteiger partial charge is 0.404 e. The minimum Gasteiger partial charge on any atom is -0.404 e. The highest BCUT2D eigenvalue weighted by Crippen LogP contribution is 2.29. The van der Waals surface area contributed by atoms with Gasteiger partial charge in [0.25, 0.3) is 0 Å². The molecule has 0 saturated carbocycles. The zero-order chi connectivity index (χ0) is 19.7. The highest BCUT2D eigenvalue weighted by Gasteiger charge is 2.32. The Kier molecular flexibility index (Phi) is 9.56. The summed E-state index contributed by atoms with van der Waals surface area (Å²) in [6.45, 7) is 0.487. The van der Waals surface area contributed by atoms with E-state index in [1.54, 1.807) is 0 Å². The van der Waals surface area contributed by atoms with Crippen LogP contribution in [-0.2, 0) is 11.3 Å². The van der Waals surface area contributed by atoms with Crippen molar-refractivity contribution in [3.05, 3.63) is 60.2 Å². The van der Waals surface area contributed by atoms with Gasteiger partial charge in [0.15, 0.2) is 11.7 Å². The number of halogens is 4. The Bertz CT molecular complexity index is 786. The van der Waals surface area contributed by atoms with E-state index in [9.17, 15) is 18.0 Å². The van der Waals surface area contributed by atoms with Gasteiger partial charge >= 0.3 is 6.36 Å². The molecule has 0 aromatic heterocycles. The minimum atomic E-state index is -4.82. The molecule has 28 heavy (non-hydrogen) atoms. The normalized spacial score (nSPS) is 11.3. The lowest BCUT2D eigenvalue weighted by Crippen LogP contribution is -2.26. The van der Waals surface area contributed by atoms with Gasteiger partial charge in [0, 0.05) is 13.0 Å². The van der Waals surface area contributed by atoms with E-state index >= 15 is 0 Å². The van der Waals surface area contributed by atoms with Crippen LogP contribution in [0.1, 0.15) is 12.0 Å². The number of alkyl halides is 3. The fourth-order valence-electron chi connectivity index (χ4n) is 2.12. The number of ether oxygens (including phenoxy) is 1. The Labute approximate surface area is 177 Å². The highest BCUT2D eigenvalue weighted by molar-refractivity contribution is 14.0. The molecule has 0 atom stereocenters. The van der Waals surface area contributed by atoms with Crippen LogP contribution in [0.3, 0.4) is 0 Å². The van der Waals surface area contributed by atoms with E-state index in [4.69, 9.17) is 5.73 Å². The molecule has 0 radical (unpaired) electrons. The number of nitrogens with two attached hydrogens (primary N) is 1. The number of para-hydroxylation sites is 2. The Morgan fingerprint density at radius 1 is 1.07 bits per heavy atom. The summed E-state index contributed by atoms with van der Waals surface area (Å²) >= 11 is 0. The summed E-state index contributed by atoms with van der Waals surface area (Å²) in [5.41, 5.74) is 6.65. The molecule has 0 spiro atoms. The number of nitrogens with zero attached hydrogens (tertiary/aromatic N) is 1. The molecule has 0 aliphatic rings. The van der Waals surface area contributed by atoms with E-state index in [2.05, 4.69) is 20.4 Å². The number of hydrogen-bond donors (Lipinski definition) is 3. The highest BCUT2D eigenvalue weighted by atomic mass is 127. The third kappa shape index (κ3) is 8.93. The maximum absolute atomic E-state index is 12.4. The molecule has 0 fully saturated rings. The predicted octanol–water partition coefficient (Wildman–Crippen LogP) is 3.64. The average Bonchev–Trinajstić information content (AvgIpc) is 2.61. The SMILES string of the molecule is I.NC(=NCCC(=O)NCc1ccccc1)Nc1ccccc1OC(F)(F)F. The van der Waals surface area contributed by atoms with Crippen LogP contribution in [-0.4, -0.2) is 24.8 Å². The lowest BCUT2D eigenvalue weighted by atomic mass is 10.2. The topological polar surface area (TPSA) is 88.7 Å². The quantitative estimate of drug-likeness (QED) is 0.303. The molecule has 10 heteroatoms. The molecule has 1 amide bonds. The molecular formula is C18H20F3IN4O2. The zero-order valence-electron chi connectivity index (χ0n) is 14.7. The monoisotopic (exact) mass is 508 g/mol. The number of rotatable bonds is 7. The summed E-state index contributed by atoms with van der Waals surface area (Å²) < 4.78 is 41.1. The van der Waals surface area contributed by atoms with Crippen molar-refractivity contribution in [2.75, 3.05) is 11.9 Å². The van der Waals surface area contributed by atoms with Crippen LogP contribution >= 0.6 is 24.0 Å². The Balaban J connectivity index is 0.00000392. The first-order valence-electron chi connectivity index (χ1n) is 8.06. The standard InChI is InChI=1S/C18H19F3N4O2.HI/c19-18(20,21)27-15-9-5-4-8-14(15)25-17(22)23-11-10-16(26)24-12-13-6-2-1-3-7-13;/h1-9H,10-12H2,(H,24,26)(H3,22,23,25);1H. The van der Waals surface area contributed by atoms with Gasteiger partial charge in [-0.15, -0.1) is 37.1 Å². The van der Waals surface area contributed by atoms with Crippen molar-refractivity contribution in [1.82, 2.24) is 5.32 Å². The number of guanidine groups is 1. The average molecular weight is 508 g/mol. The first kappa shape index (κ1) is 23.5. The number of nitrogens with one attached hydrogen (secondary N) is 2. The third-order valence-corrected chi connectivity index (χ3v) is 3.33. The van der Waals surface area contributed by atoms with Gasteiger partial charge in [0.2, 0.25) is 5.91 Å². The second-order valence-electron chi connectivity index (χ2n) is 5.45.